The Bertz CT molecular complexity index is 89.3. The summed E-state index contributed by atoms with van der Waals surface area (Å²) in [5, 5.41) is 0. The van der Waals surface area contributed by atoms with Crippen molar-refractivity contribution in [2.24, 2.45) is 0 Å². The van der Waals surface area contributed by atoms with Crippen molar-refractivity contribution in [1.29, 1.82) is 0 Å². The van der Waals surface area contributed by atoms with Crippen molar-refractivity contribution in [3.8, 4) is 0 Å². The molecule has 0 aromatic heterocycles. The minimum absolute atomic E-state index is 0.868. The lowest BCUT2D eigenvalue weighted by Crippen LogP contribution is -2.30. The number of hydrogen-bond donors (Lipinski definition) is 1. The zero-order valence-electron chi connectivity index (χ0n) is 6.71. The molecule has 0 aliphatic heterocycles. The molecule has 0 radical (unpaired) electrons. The van der Waals surface area contributed by atoms with Crippen LogP contribution < -0.4 is 0 Å². The van der Waals surface area contributed by atoms with E-state index in [9.17, 15) is 0 Å². The molecule has 0 N–H and O–H groups in total. The Hall–Kier alpha value is 0.310. The van der Waals surface area contributed by atoms with Crippen molar-refractivity contribution in [1.82, 2.24) is 4.90 Å². The van der Waals surface area contributed by atoms with Gasteiger partial charge in [-0.2, -0.15) is 12.6 Å². The molecule has 1 aliphatic carbocycles. The van der Waals surface area contributed by atoms with Gasteiger partial charge in [0.2, 0.25) is 0 Å². The summed E-state index contributed by atoms with van der Waals surface area (Å²) in [6.45, 7) is 1.15. The third-order valence-corrected chi connectivity index (χ3v) is 2.60. The number of rotatable bonds is 3. The highest BCUT2D eigenvalue weighted by Gasteiger charge is 2.18. The summed E-state index contributed by atoms with van der Waals surface area (Å²) in [5.41, 5.74) is 0. The van der Waals surface area contributed by atoms with E-state index in [1.54, 1.807) is 0 Å². The molecule has 0 saturated heterocycles. The standard InChI is InChI=1S/C8H17NS/c1-9(6-7-10)8-4-2-3-5-8/h8,10H,2-7H2,1H3. The number of hydrogen-bond acceptors (Lipinski definition) is 2. The Labute approximate surface area is 69.2 Å². The smallest absolute Gasteiger partial charge is 0.00925 e. The highest BCUT2D eigenvalue weighted by molar-refractivity contribution is 7.80. The van der Waals surface area contributed by atoms with Gasteiger partial charge in [-0.1, -0.05) is 12.8 Å². The van der Waals surface area contributed by atoms with E-state index in [0.29, 0.717) is 0 Å². The second-order valence-electron chi connectivity index (χ2n) is 3.14. The van der Waals surface area contributed by atoms with Gasteiger partial charge in [-0.3, -0.25) is 0 Å². The van der Waals surface area contributed by atoms with Gasteiger partial charge in [-0.25, -0.2) is 0 Å². The van der Waals surface area contributed by atoms with E-state index in [-0.39, 0.29) is 0 Å². The van der Waals surface area contributed by atoms with Crippen LogP contribution in [0, 0.1) is 0 Å². The Morgan fingerprint density at radius 2 is 2.00 bits per heavy atom. The zero-order valence-corrected chi connectivity index (χ0v) is 7.61. The van der Waals surface area contributed by atoms with Crippen LogP contribution in [0.2, 0.25) is 0 Å². The first kappa shape index (κ1) is 8.41. The predicted octanol–water partition coefficient (Wildman–Crippen LogP) is 1.79. The summed E-state index contributed by atoms with van der Waals surface area (Å²) >= 11 is 4.21. The molecule has 10 heavy (non-hydrogen) atoms. The maximum Gasteiger partial charge on any atom is 0.00925 e. The van der Waals surface area contributed by atoms with Crippen LogP contribution in [0.4, 0.5) is 0 Å². The summed E-state index contributed by atoms with van der Waals surface area (Å²) < 4.78 is 0. The molecule has 0 aromatic rings. The first-order chi connectivity index (χ1) is 4.84. The van der Waals surface area contributed by atoms with Crippen molar-refractivity contribution in [2.45, 2.75) is 31.7 Å². The van der Waals surface area contributed by atoms with Crippen LogP contribution in [0.25, 0.3) is 0 Å². The second-order valence-corrected chi connectivity index (χ2v) is 3.59. The first-order valence-electron chi connectivity index (χ1n) is 4.15. The monoisotopic (exact) mass is 159 g/mol. The van der Waals surface area contributed by atoms with E-state index in [1.165, 1.54) is 25.7 Å². The van der Waals surface area contributed by atoms with Gasteiger partial charge in [0.05, 0.1) is 0 Å². The van der Waals surface area contributed by atoms with Crippen LogP contribution in [0.1, 0.15) is 25.7 Å². The number of nitrogens with zero attached hydrogens (tertiary/aromatic N) is 1. The zero-order chi connectivity index (χ0) is 7.40. The quantitative estimate of drug-likeness (QED) is 0.614. The molecule has 0 aromatic carbocycles. The fourth-order valence-electron chi connectivity index (χ4n) is 1.69. The molecule has 0 heterocycles. The minimum Gasteiger partial charge on any atom is -0.303 e. The largest absolute Gasteiger partial charge is 0.303 e. The molecule has 1 fully saturated rings. The maximum absolute atomic E-state index is 4.21. The lowest BCUT2D eigenvalue weighted by molar-refractivity contribution is 0.260. The molecule has 2 heteroatoms. The van der Waals surface area contributed by atoms with Crippen molar-refractivity contribution < 1.29 is 0 Å². The number of thiol groups is 1. The van der Waals surface area contributed by atoms with Crippen LogP contribution in [0.5, 0.6) is 0 Å². The third kappa shape index (κ3) is 2.17. The van der Waals surface area contributed by atoms with Gasteiger partial charge in [0, 0.05) is 18.3 Å². The molecule has 0 atom stereocenters. The summed E-state index contributed by atoms with van der Waals surface area (Å²) in [5.74, 6) is 0.993. The minimum atomic E-state index is 0.868. The van der Waals surface area contributed by atoms with Gasteiger partial charge < -0.3 is 4.90 Å². The van der Waals surface area contributed by atoms with Crippen molar-refractivity contribution in [2.75, 3.05) is 19.3 Å². The normalized spacial score (nSPS) is 20.7. The van der Waals surface area contributed by atoms with Crippen molar-refractivity contribution >= 4 is 12.6 Å². The molecule has 0 bridgehead atoms. The average molecular weight is 159 g/mol. The molecule has 1 rings (SSSR count). The van der Waals surface area contributed by atoms with Gasteiger partial charge in [0.15, 0.2) is 0 Å². The Morgan fingerprint density at radius 3 is 2.50 bits per heavy atom. The fraction of sp³-hybridized carbons (Fsp3) is 1.00. The molecule has 1 nitrogen and oxygen atoms in total. The highest BCUT2D eigenvalue weighted by atomic mass is 32.1. The van der Waals surface area contributed by atoms with Crippen LogP contribution in [-0.2, 0) is 0 Å². The summed E-state index contributed by atoms with van der Waals surface area (Å²) in [4.78, 5) is 2.44. The van der Waals surface area contributed by atoms with Crippen molar-refractivity contribution in [3.05, 3.63) is 0 Å². The Morgan fingerprint density at radius 1 is 1.40 bits per heavy atom. The second kappa shape index (κ2) is 4.24. The van der Waals surface area contributed by atoms with Crippen LogP contribution in [-0.4, -0.2) is 30.3 Å². The van der Waals surface area contributed by atoms with Gasteiger partial charge in [-0.05, 0) is 19.9 Å². The first-order valence-corrected chi connectivity index (χ1v) is 4.79. The van der Waals surface area contributed by atoms with Crippen molar-refractivity contribution in [3.63, 3.8) is 0 Å². The lowest BCUT2D eigenvalue weighted by atomic mass is 10.2. The Kier molecular flexibility index (Phi) is 3.57. The SMILES string of the molecule is CN(CCS)C1CCCC1. The van der Waals surface area contributed by atoms with Gasteiger partial charge in [-0.15, -0.1) is 0 Å². The van der Waals surface area contributed by atoms with E-state index in [0.717, 1.165) is 18.3 Å². The topological polar surface area (TPSA) is 3.24 Å². The van der Waals surface area contributed by atoms with E-state index in [1.807, 2.05) is 0 Å². The lowest BCUT2D eigenvalue weighted by Gasteiger charge is -2.22. The Balaban J connectivity index is 2.18. The van der Waals surface area contributed by atoms with E-state index >= 15 is 0 Å². The average Bonchev–Trinajstić information content (AvgIpc) is 2.38. The van der Waals surface area contributed by atoms with E-state index in [4.69, 9.17) is 0 Å². The summed E-state index contributed by atoms with van der Waals surface area (Å²) in [6, 6.07) is 0.868. The maximum atomic E-state index is 4.21. The molecule has 1 saturated carbocycles. The van der Waals surface area contributed by atoms with Crippen LogP contribution in [0.3, 0.4) is 0 Å². The van der Waals surface area contributed by atoms with Crippen LogP contribution >= 0.6 is 12.6 Å². The molecule has 0 unspecified atom stereocenters. The third-order valence-electron chi connectivity index (χ3n) is 2.40. The van der Waals surface area contributed by atoms with Gasteiger partial charge in [0.25, 0.3) is 0 Å². The van der Waals surface area contributed by atoms with Gasteiger partial charge in [0.1, 0.15) is 0 Å². The highest BCUT2D eigenvalue weighted by Crippen LogP contribution is 2.21. The summed E-state index contributed by atoms with van der Waals surface area (Å²) in [6.07, 6.45) is 5.68. The van der Waals surface area contributed by atoms with E-state index < -0.39 is 0 Å². The molecule has 60 valence electrons. The summed E-state index contributed by atoms with van der Waals surface area (Å²) in [7, 11) is 2.21. The van der Waals surface area contributed by atoms with Crippen LogP contribution in [0.15, 0.2) is 0 Å². The molecule has 1 aliphatic rings. The van der Waals surface area contributed by atoms with Gasteiger partial charge >= 0.3 is 0 Å². The molecule has 0 spiro atoms. The molecule has 0 amide bonds. The molecular formula is C8H17NS. The predicted molar refractivity (Wildman–Crippen MR) is 48.7 cm³/mol. The molecular weight excluding hydrogens is 142 g/mol. The fourth-order valence-corrected chi connectivity index (χ4v) is 2.00. The van der Waals surface area contributed by atoms with E-state index in [2.05, 4.69) is 24.6 Å².